The number of likely N-dealkylation sites (N-methyl/N-ethyl adjacent to an activating group) is 1. The van der Waals surface area contributed by atoms with Crippen molar-refractivity contribution in [3.63, 3.8) is 0 Å². The van der Waals surface area contributed by atoms with E-state index in [1.165, 1.54) is 0 Å². The molecular formula is C25H26N4O3. The Morgan fingerprint density at radius 1 is 1.00 bits per heavy atom. The minimum atomic E-state index is -1.18. The van der Waals surface area contributed by atoms with Crippen LogP contribution in [0.2, 0.25) is 0 Å². The molecule has 1 heterocycles. The maximum absolute atomic E-state index is 13.1. The summed E-state index contributed by atoms with van der Waals surface area (Å²) in [7, 11) is 1.82. The van der Waals surface area contributed by atoms with Crippen LogP contribution in [0.4, 0.5) is 4.79 Å². The van der Waals surface area contributed by atoms with E-state index < -0.39 is 23.4 Å². The SMILES string of the molecule is CCC1(c2ccccc2)NC(=O)N(NC(=O)CN(C)Cc2ccc3ccccc3c2)C1=O. The van der Waals surface area contributed by atoms with Crippen molar-refractivity contribution in [2.24, 2.45) is 0 Å². The second-order valence-corrected chi connectivity index (χ2v) is 8.08. The Bertz CT molecular complexity index is 1160. The van der Waals surface area contributed by atoms with E-state index in [0.29, 0.717) is 18.5 Å². The predicted molar refractivity (Wildman–Crippen MR) is 122 cm³/mol. The van der Waals surface area contributed by atoms with Gasteiger partial charge in [0.2, 0.25) is 0 Å². The number of carbonyl (C=O) groups excluding carboxylic acids is 3. The average molecular weight is 431 g/mol. The van der Waals surface area contributed by atoms with Crippen molar-refractivity contribution in [2.45, 2.75) is 25.4 Å². The Balaban J connectivity index is 1.40. The molecule has 1 atom stereocenters. The molecule has 0 bridgehead atoms. The molecule has 2 N–H and O–H groups in total. The summed E-state index contributed by atoms with van der Waals surface area (Å²) in [4.78, 5) is 40.1. The molecule has 0 spiro atoms. The van der Waals surface area contributed by atoms with Gasteiger partial charge >= 0.3 is 6.03 Å². The largest absolute Gasteiger partial charge is 0.344 e. The quantitative estimate of drug-likeness (QED) is 0.564. The van der Waals surface area contributed by atoms with Gasteiger partial charge in [0, 0.05) is 6.54 Å². The molecule has 0 aromatic heterocycles. The molecule has 1 saturated heterocycles. The lowest BCUT2D eigenvalue weighted by Crippen LogP contribution is -2.50. The van der Waals surface area contributed by atoms with E-state index in [1.807, 2.05) is 55.3 Å². The van der Waals surface area contributed by atoms with Gasteiger partial charge in [0.05, 0.1) is 6.54 Å². The summed E-state index contributed by atoms with van der Waals surface area (Å²) in [6.07, 6.45) is 0.371. The van der Waals surface area contributed by atoms with Crippen molar-refractivity contribution in [2.75, 3.05) is 13.6 Å². The highest BCUT2D eigenvalue weighted by atomic mass is 16.2. The predicted octanol–water partition coefficient (Wildman–Crippen LogP) is 3.16. The summed E-state index contributed by atoms with van der Waals surface area (Å²) in [5, 5.41) is 5.85. The molecule has 1 aliphatic rings. The fraction of sp³-hybridized carbons (Fsp3) is 0.240. The highest BCUT2D eigenvalue weighted by Gasteiger charge is 2.52. The number of carbonyl (C=O) groups is 3. The zero-order valence-corrected chi connectivity index (χ0v) is 18.2. The number of nitrogens with zero attached hydrogens (tertiary/aromatic N) is 2. The fourth-order valence-electron chi connectivity index (χ4n) is 4.15. The first-order valence-electron chi connectivity index (χ1n) is 10.6. The lowest BCUT2D eigenvalue weighted by atomic mass is 9.87. The van der Waals surface area contributed by atoms with Crippen LogP contribution in [0.3, 0.4) is 0 Å². The van der Waals surface area contributed by atoms with Gasteiger partial charge in [-0.15, -0.1) is 0 Å². The molecule has 32 heavy (non-hydrogen) atoms. The lowest BCUT2D eigenvalue weighted by Gasteiger charge is -2.25. The molecule has 4 rings (SSSR count). The van der Waals surface area contributed by atoms with E-state index in [9.17, 15) is 14.4 Å². The molecule has 164 valence electrons. The zero-order valence-electron chi connectivity index (χ0n) is 18.2. The van der Waals surface area contributed by atoms with Crippen molar-refractivity contribution in [3.8, 4) is 0 Å². The van der Waals surface area contributed by atoms with Crippen LogP contribution in [-0.2, 0) is 21.7 Å². The number of benzene rings is 3. The first kappa shape index (κ1) is 21.5. The molecule has 3 aromatic carbocycles. The van der Waals surface area contributed by atoms with E-state index in [-0.39, 0.29) is 6.54 Å². The fourth-order valence-corrected chi connectivity index (χ4v) is 4.15. The third-order valence-electron chi connectivity index (χ3n) is 5.80. The second kappa shape index (κ2) is 8.80. The Morgan fingerprint density at radius 3 is 2.41 bits per heavy atom. The average Bonchev–Trinajstić information content (AvgIpc) is 3.04. The number of amides is 4. The maximum atomic E-state index is 13.1. The Kier molecular flexibility index (Phi) is 5.92. The Morgan fingerprint density at radius 2 is 1.69 bits per heavy atom. The minimum Gasteiger partial charge on any atom is -0.318 e. The summed E-state index contributed by atoms with van der Waals surface area (Å²) in [5.74, 6) is -0.918. The number of hydrazine groups is 1. The number of rotatable bonds is 7. The number of hydrogen-bond acceptors (Lipinski definition) is 4. The van der Waals surface area contributed by atoms with Crippen LogP contribution in [-0.4, -0.2) is 41.3 Å². The molecule has 4 amide bonds. The number of imide groups is 1. The van der Waals surface area contributed by atoms with Crippen LogP contribution in [0.1, 0.15) is 24.5 Å². The summed E-state index contributed by atoms with van der Waals surface area (Å²) < 4.78 is 0. The van der Waals surface area contributed by atoms with Gasteiger partial charge in [-0.3, -0.25) is 19.9 Å². The van der Waals surface area contributed by atoms with Gasteiger partial charge < -0.3 is 5.32 Å². The second-order valence-electron chi connectivity index (χ2n) is 8.08. The number of urea groups is 1. The summed E-state index contributed by atoms with van der Waals surface area (Å²) in [6.45, 7) is 2.42. The highest BCUT2D eigenvalue weighted by Crippen LogP contribution is 2.31. The van der Waals surface area contributed by atoms with Crippen LogP contribution < -0.4 is 10.7 Å². The molecule has 1 fully saturated rings. The van der Waals surface area contributed by atoms with Crippen LogP contribution in [0.15, 0.2) is 72.8 Å². The number of nitrogens with one attached hydrogen (secondary N) is 2. The zero-order chi connectivity index (χ0) is 22.7. The Labute approximate surface area is 187 Å². The standard InChI is InChI=1S/C25H26N4O3/c1-3-25(21-11-5-4-6-12-21)23(31)29(24(32)26-25)27-22(30)17-28(2)16-18-13-14-19-9-7-8-10-20(19)15-18/h4-15H,3,16-17H2,1-2H3,(H,26,32)(H,27,30). The van der Waals surface area contributed by atoms with Crippen molar-refractivity contribution in [1.82, 2.24) is 20.7 Å². The maximum Gasteiger partial charge on any atom is 0.344 e. The first-order valence-corrected chi connectivity index (χ1v) is 10.6. The summed E-state index contributed by atoms with van der Waals surface area (Å²) in [5.41, 5.74) is 3.06. The number of hydrogen-bond donors (Lipinski definition) is 2. The molecule has 7 nitrogen and oxygen atoms in total. The van der Waals surface area contributed by atoms with Crippen molar-refractivity contribution >= 4 is 28.6 Å². The van der Waals surface area contributed by atoms with Crippen LogP contribution in [0.25, 0.3) is 10.8 Å². The molecule has 3 aromatic rings. The topological polar surface area (TPSA) is 81.8 Å². The van der Waals surface area contributed by atoms with Crippen molar-refractivity contribution in [1.29, 1.82) is 0 Å². The molecular weight excluding hydrogens is 404 g/mol. The van der Waals surface area contributed by atoms with Gasteiger partial charge in [0.1, 0.15) is 5.54 Å². The van der Waals surface area contributed by atoms with E-state index in [2.05, 4.69) is 35.0 Å². The summed E-state index contributed by atoms with van der Waals surface area (Å²) in [6, 6.07) is 22.7. The van der Waals surface area contributed by atoms with Gasteiger partial charge in [-0.2, -0.15) is 5.01 Å². The lowest BCUT2D eigenvalue weighted by molar-refractivity contribution is -0.139. The molecule has 0 saturated carbocycles. The highest BCUT2D eigenvalue weighted by molar-refractivity contribution is 6.08. The molecule has 1 aliphatic heterocycles. The van der Waals surface area contributed by atoms with Crippen LogP contribution >= 0.6 is 0 Å². The summed E-state index contributed by atoms with van der Waals surface area (Å²) >= 11 is 0. The van der Waals surface area contributed by atoms with Gasteiger partial charge in [-0.05, 0) is 41.4 Å². The third kappa shape index (κ3) is 4.07. The van der Waals surface area contributed by atoms with Gasteiger partial charge in [-0.1, -0.05) is 73.7 Å². The van der Waals surface area contributed by atoms with Crippen molar-refractivity contribution < 1.29 is 14.4 Å². The van der Waals surface area contributed by atoms with E-state index in [4.69, 9.17) is 0 Å². The molecule has 7 heteroatoms. The van der Waals surface area contributed by atoms with Gasteiger partial charge in [0.15, 0.2) is 0 Å². The Hall–Kier alpha value is -3.71. The normalized spacial score (nSPS) is 18.3. The smallest absolute Gasteiger partial charge is 0.318 e. The van der Waals surface area contributed by atoms with E-state index in [0.717, 1.165) is 21.3 Å². The number of fused-ring (bicyclic) bond motifs is 1. The third-order valence-corrected chi connectivity index (χ3v) is 5.80. The van der Waals surface area contributed by atoms with Crippen LogP contribution in [0.5, 0.6) is 0 Å². The molecule has 0 aliphatic carbocycles. The van der Waals surface area contributed by atoms with E-state index in [1.54, 1.807) is 12.1 Å². The monoisotopic (exact) mass is 430 g/mol. The van der Waals surface area contributed by atoms with E-state index >= 15 is 0 Å². The van der Waals surface area contributed by atoms with Crippen LogP contribution in [0, 0.1) is 0 Å². The van der Waals surface area contributed by atoms with Gasteiger partial charge in [0.25, 0.3) is 11.8 Å². The van der Waals surface area contributed by atoms with Gasteiger partial charge in [-0.25, -0.2) is 4.79 Å². The molecule has 1 unspecified atom stereocenters. The minimum absolute atomic E-state index is 0.0361. The molecule has 0 radical (unpaired) electrons. The van der Waals surface area contributed by atoms with Crippen molar-refractivity contribution in [3.05, 3.63) is 83.9 Å². The first-order chi connectivity index (χ1) is 15.4.